The number of hydroxylamine groups is 2. The number of rotatable bonds is 7. The smallest absolute Gasteiger partial charge is 0.311 e. The molecule has 0 N–H and O–H groups in total. The summed E-state index contributed by atoms with van der Waals surface area (Å²) < 4.78 is 5.22. The van der Waals surface area contributed by atoms with E-state index < -0.39 is 9.04 Å². The van der Waals surface area contributed by atoms with E-state index in [2.05, 4.69) is 6.92 Å². The van der Waals surface area contributed by atoms with Gasteiger partial charge in [0.05, 0.1) is 14.2 Å². The molecule has 0 heterocycles. The van der Waals surface area contributed by atoms with E-state index in [4.69, 9.17) is 14.1 Å². The average Bonchev–Trinajstić information content (AvgIpc) is 2.14. The summed E-state index contributed by atoms with van der Waals surface area (Å²) in [5.41, 5.74) is 0. The Hall–Kier alpha value is -0.433. The van der Waals surface area contributed by atoms with Crippen LogP contribution in [0.15, 0.2) is 0 Å². The molecule has 0 rings (SSSR count). The van der Waals surface area contributed by atoms with Gasteiger partial charge in [-0.2, -0.15) is 0 Å². The number of hydrogen-bond acceptors (Lipinski definition) is 5. The van der Waals surface area contributed by atoms with E-state index in [0.29, 0.717) is 0 Å². The first-order valence-electron chi connectivity index (χ1n) is 4.69. The van der Waals surface area contributed by atoms with E-state index >= 15 is 0 Å². The minimum absolute atomic E-state index is 0.00799. The Labute approximate surface area is 86.6 Å². The van der Waals surface area contributed by atoms with Crippen molar-refractivity contribution in [3.63, 3.8) is 0 Å². The molecule has 0 aliphatic carbocycles. The quantitative estimate of drug-likeness (QED) is 0.468. The molecule has 0 radical (unpaired) electrons. The van der Waals surface area contributed by atoms with E-state index in [1.165, 1.54) is 14.2 Å². The molecule has 5 nitrogen and oxygen atoms in total. The summed E-state index contributed by atoms with van der Waals surface area (Å²) in [6.07, 6.45) is 1.05. The van der Waals surface area contributed by atoms with Gasteiger partial charge in [0.1, 0.15) is 6.54 Å². The fourth-order valence-corrected chi connectivity index (χ4v) is 2.49. The van der Waals surface area contributed by atoms with Crippen LogP contribution in [0.2, 0.25) is 12.6 Å². The van der Waals surface area contributed by atoms with Crippen molar-refractivity contribution in [2.75, 3.05) is 20.8 Å². The monoisotopic (exact) mass is 221 g/mol. The van der Waals surface area contributed by atoms with Gasteiger partial charge < -0.3 is 4.43 Å². The number of carbonyl (C=O) groups excluding carboxylic acids is 1. The third-order valence-electron chi connectivity index (χ3n) is 1.69. The van der Waals surface area contributed by atoms with E-state index in [-0.39, 0.29) is 12.5 Å². The van der Waals surface area contributed by atoms with Gasteiger partial charge in [-0.05, 0) is 12.6 Å². The Morgan fingerprint density at radius 3 is 2.36 bits per heavy atom. The predicted molar refractivity (Wildman–Crippen MR) is 54.9 cm³/mol. The normalized spacial score (nSPS) is 12.9. The SMILES string of the molecule is CCC[SiH](C)OC(=O)CN(OC)OC. The van der Waals surface area contributed by atoms with Gasteiger partial charge in [0.2, 0.25) is 9.04 Å². The summed E-state index contributed by atoms with van der Waals surface area (Å²) in [5, 5.41) is 1.08. The van der Waals surface area contributed by atoms with E-state index in [1.54, 1.807) is 0 Å². The zero-order valence-corrected chi connectivity index (χ0v) is 10.4. The highest BCUT2D eigenvalue weighted by molar-refractivity contribution is 6.52. The molecule has 14 heavy (non-hydrogen) atoms. The third kappa shape index (κ3) is 6.09. The van der Waals surface area contributed by atoms with Gasteiger partial charge >= 0.3 is 5.97 Å². The van der Waals surface area contributed by atoms with Gasteiger partial charge in [-0.1, -0.05) is 18.6 Å². The molecule has 0 aliphatic rings. The maximum Gasteiger partial charge on any atom is 0.311 e. The maximum absolute atomic E-state index is 11.3. The Balaban J connectivity index is 3.73. The molecule has 0 saturated heterocycles. The second-order valence-electron chi connectivity index (χ2n) is 2.95. The summed E-state index contributed by atoms with van der Waals surface area (Å²) in [5.74, 6) is -0.290. The summed E-state index contributed by atoms with van der Waals surface area (Å²) >= 11 is 0. The number of carbonyl (C=O) groups is 1. The van der Waals surface area contributed by atoms with Gasteiger partial charge in [-0.3, -0.25) is 14.5 Å². The Morgan fingerprint density at radius 1 is 1.36 bits per heavy atom. The van der Waals surface area contributed by atoms with Crippen molar-refractivity contribution < 1.29 is 18.9 Å². The van der Waals surface area contributed by atoms with E-state index in [1.807, 2.05) is 6.55 Å². The van der Waals surface area contributed by atoms with Crippen LogP contribution in [0, 0.1) is 0 Å². The lowest BCUT2D eigenvalue weighted by molar-refractivity contribution is -0.338. The zero-order chi connectivity index (χ0) is 11.0. The van der Waals surface area contributed by atoms with Crippen LogP contribution in [0.3, 0.4) is 0 Å². The first kappa shape index (κ1) is 13.6. The first-order valence-corrected chi connectivity index (χ1v) is 7.13. The molecule has 1 atom stereocenters. The van der Waals surface area contributed by atoms with Crippen LogP contribution in [0.5, 0.6) is 0 Å². The lowest BCUT2D eigenvalue weighted by atomic mass is 10.6. The zero-order valence-electron chi connectivity index (χ0n) is 9.28. The third-order valence-corrected chi connectivity index (χ3v) is 3.75. The highest BCUT2D eigenvalue weighted by atomic mass is 28.3. The summed E-state index contributed by atoms with van der Waals surface area (Å²) in [6, 6.07) is 1.01. The minimum Gasteiger partial charge on any atom is -0.521 e. The highest BCUT2D eigenvalue weighted by Crippen LogP contribution is 1.99. The molecule has 0 amide bonds. The van der Waals surface area contributed by atoms with Gasteiger partial charge in [0.15, 0.2) is 0 Å². The molecule has 0 aromatic rings. The van der Waals surface area contributed by atoms with Gasteiger partial charge in [0.25, 0.3) is 0 Å². The molecule has 0 fully saturated rings. The number of nitrogens with zero attached hydrogens (tertiary/aromatic N) is 1. The molecule has 0 aromatic heterocycles. The van der Waals surface area contributed by atoms with Gasteiger partial charge in [-0.15, -0.1) is 0 Å². The van der Waals surface area contributed by atoms with Crippen LogP contribution in [0.25, 0.3) is 0 Å². The van der Waals surface area contributed by atoms with Crippen LogP contribution in [-0.2, 0) is 18.9 Å². The summed E-state index contributed by atoms with van der Waals surface area (Å²) in [7, 11) is 1.54. The number of hydrogen-bond donors (Lipinski definition) is 0. The molecule has 84 valence electrons. The lowest BCUT2D eigenvalue weighted by Crippen LogP contribution is -2.32. The molecule has 0 spiro atoms. The van der Waals surface area contributed by atoms with Crippen LogP contribution in [0.4, 0.5) is 0 Å². The maximum atomic E-state index is 11.3. The molecular formula is C8H19NO4Si. The second-order valence-corrected chi connectivity index (χ2v) is 5.38. The molecule has 6 heteroatoms. The predicted octanol–water partition coefficient (Wildman–Crippen LogP) is 0.718. The molecule has 0 bridgehead atoms. The molecule has 0 saturated carbocycles. The largest absolute Gasteiger partial charge is 0.521 e. The van der Waals surface area contributed by atoms with E-state index in [9.17, 15) is 4.79 Å². The lowest BCUT2D eigenvalue weighted by Gasteiger charge is -2.17. The van der Waals surface area contributed by atoms with Crippen molar-refractivity contribution in [1.82, 2.24) is 5.23 Å². The molecule has 0 aliphatic heterocycles. The molecule has 0 aromatic carbocycles. The Bertz CT molecular complexity index is 163. The Kier molecular flexibility index (Phi) is 7.68. The van der Waals surface area contributed by atoms with Crippen molar-refractivity contribution in [3.8, 4) is 0 Å². The van der Waals surface area contributed by atoms with Crippen LogP contribution in [0.1, 0.15) is 13.3 Å². The molecule has 1 unspecified atom stereocenters. The van der Waals surface area contributed by atoms with Crippen LogP contribution < -0.4 is 0 Å². The highest BCUT2D eigenvalue weighted by Gasteiger charge is 2.14. The topological polar surface area (TPSA) is 48.0 Å². The Morgan fingerprint density at radius 2 is 1.93 bits per heavy atom. The second kappa shape index (κ2) is 7.92. The fourth-order valence-electron chi connectivity index (χ4n) is 1.04. The standard InChI is InChI=1S/C8H19NO4Si/c1-5-6-14(4)13-8(10)7-9(11-2)12-3/h14H,5-7H2,1-4H3. The fraction of sp³-hybridized carbons (Fsp3) is 0.875. The van der Waals surface area contributed by atoms with Crippen molar-refractivity contribution in [1.29, 1.82) is 0 Å². The van der Waals surface area contributed by atoms with Crippen molar-refractivity contribution >= 4 is 15.0 Å². The first-order chi connectivity index (χ1) is 6.63. The molecular weight excluding hydrogens is 202 g/mol. The minimum atomic E-state index is -1.33. The summed E-state index contributed by atoms with van der Waals surface area (Å²) in [4.78, 5) is 20.7. The van der Waals surface area contributed by atoms with Crippen LogP contribution >= 0.6 is 0 Å². The van der Waals surface area contributed by atoms with Gasteiger partial charge in [0, 0.05) is 0 Å². The van der Waals surface area contributed by atoms with Gasteiger partial charge in [-0.25, -0.2) is 0 Å². The van der Waals surface area contributed by atoms with Crippen molar-refractivity contribution in [2.45, 2.75) is 25.9 Å². The van der Waals surface area contributed by atoms with Crippen molar-refractivity contribution in [3.05, 3.63) is 0 Å². The van der Waals surface area contributed by atoms with E-state index in [0.717, 1.165) is 17.7 Å². The average molecular weight is 221 g/mol. The summed E-state index contributed by atoms with van der Waals surface area (Å²) in [6.45, 7) is 4.09. The van der Waals surface area contributed by atoms with Crippen LogP contribution in [-0.4, -0.2) is 41.0 Å². The van der Waals surface area contributed by atoms with Crippen molar-refractivity contribution in [2.24, 2.45) is 0 Å².